The number of halogens is 1. The third-order valence-electron chi connectivity index (χ3n) is 1.87. The summed E-state index contributed by atoms with van der Waals surface area (Å²) >= 11 is 3.37. The molecule has 0 amide bonds. The monoisotopic (exact) mass is 250 g/mol. The molecule has 0 aliphatic carbocycles. The molecule has 0 N–H and O–H groups in total. The van der Waals surface area contributed by atoms with Gasteiger partial charge in [-0.25, -0.2) is 4.68 Å². The second-order valence-corrected chi connectivity index (χ2v) is 3.59. The van der Waals surface area contributed by atoms with Crippen molar-refractivity contribution in [2.45, 2.75) is 0 Å². The van der Waals surface area contributed by atoms with Gasteiger partial charge >= 0.3 is 0 Å². The van der Waals surface area contributed by atoms with Crippen molar-refractivity contribution in [1.29, 1.82) is 0 Å². The minimum Gasteiger partial charge on any atom is -0.298 e. The van der Waals surface area contributed by atoms with Gasteiger partial charge in [0.25, 0.3) is 0 Å². The Labute approximate surface area is 89.5 Å². The number of rotatable bonds is 2. The van der Waals surface area contributed by atoms with E-state index < -0.39 is 0 Å². The first-order valence-electron chi connectivity index (χ1n) is 4.06. The van der Waals surface area contributed by atoms with E-state index in [1.54, 1.807) is 23.0 Å². The molecule has 0 aliphatic heterocycles. The lowest BCUT2D eigenvalue weighted by atomic mass is 10.2. The zero-order chi connectivity index (χ0) is 9.97. The van der Waals surface area contributed by atoms with Gasteiger partial charge in [0.2, 0.25) is 0 Å². The maximum atomic E-state index is 10.4. The van der Waals surface area contributed by atoms with Crippen molar-refractivity contribution in [1.82, 2.24) is 9.78 Å². The van der Waals surface area contributed by atoms with Crippen molar-refractivity contribution >= 4 is 22.2 Å². The fraction of sp³-hybridized carbons (Fsp3) is 0. The van der Waals surface area contributed by atoms with Gasteiger partial charge in [0.1, 0.15) is 10.9 Å². The van der Waals surface area contributed by atoms with Crippen molar-refractivity contribution in [3.8, 4) is 5.69 Å². The average Bonchev–Trinajstić information content (AvgIpc) is 2.65. The third-order valence-corrected chi connectivity index (χ3v) is 2.47. The van der Waals surface area contributed by atoms with Gasteiger partial charge in [0.15, 0.2) is 0 Å². The van der Waals surface area contributed by atoms with Crippen LogP contribution in [0.3, 0.4) is 0 Å². The molecule has 70 valence electrons. The highest BCUT2D eigenvalue weighted by molar-refractivity contribution is 9.10. The molecule has 1 aromatic heterocycles. The Bertz CT molecular complexity index is 447. The van der Waals surface area contributed by atoms with Crippen molar-refractivity contribution < 1.29 is 4.79 Å². The molecule has 14 heavy (non-hydrogen) atoms. The normalized spacial score (nSPS) is 10.1. The van der Waals surface area contributed by atoms with E-state index in [1.165, 1.54) is 0 Å². The molecule has 3 nitrogen and oxygen atoms in total. The van der Waals surface area contributed by atoms with Crippen LogP contribution < -0.4 is 0 Å². The van der Waals surface area contributed by atoms with E-state index in [0.29, 0.717) is 5.56 Å². The van der Waals surface area contributed by atoms with Gasteiger partial charge in [-0.3, -0.25) is 4.79 Å². The van der Waals surface area contributed by atoms with Crippen LogP contribution in [0.1, 0.15) is 10.4 Å². The number of nitrogens with zero attached hydrogens (tertiary/aromatic N) is 2. The van der Waals surface area contributed by atoms with Crippen molar-refractivity contribution in [2.24, 2.45) is 0 Å². The number of carbonyl (C=O) groups excluding carboxylic acids is 1. The van der Waals surface area contributed by atoms with Crippen molar-refractivity contribution in [3.05, 3.63) is 46.7 Å². The summed E-state index contributed by atoms with van der Waals surface area (Å²) < 4.78 is 2.63. The zero-order valence-electron chi connectivity index (χ0n) is 7.22. The Hall–Kier alpha value is -1.42. The second kappa shape index (κ2) is 3.75. The van der Waals surface area contributed by atoms with Gasteiger partial charge < -0.3 is 0 Å². The molecular weight excluding hydrogens is 244 g/mol. The molecule has 0 fully saturated rings. The van der Waals surface area contributed by atoms with Crippen LogP contribution in [-0.2, 0) is 0 Å². The molecule has 4 heteroatoms. The van der Waals surface area contributed by atoms with Gasteiger partial charge in [-0.1, -0.05) is 0 Å². The van der Waals surface area contributed by atoms with E-state index in [-0.39, 0.29) is 0 Å². The third kappa shape index (κ3) is 1.61. The van der Waals surface area contributed by atoms with Crippen LogP contribution in [0.5, 0.6) is 0 Å². The minimum absolute atomic E-state index is 0.664. The molecule has 0 saturated carbocycles. The first-order valence-corrected chi connectivity index (χ1v) is 4.86. The molecule has 0 saturated heterocycles. The fourth-order valence-electron chi connectivity index (χ4n) is 1.17. The Morgan fingerprint density at radius 1 is 1.21 bits per heavy atom. The van der Waals surface area contributed by atoms with E-state index in [9.17, 15) is 4.79 Å². The molecular formula is C10H7BrN2O. The van der Waals surface area contributed by atoms with E-state index in [0.717, 1.165) is 16.6 Å². The van der Waals surface area contributed by atoms with Crippen LogP contribution in [0.4, 0.5) is 0 Å². The summed E-state index contributed by atoms with van der Waals surface area (Å²) in [6.45, 7) is 0. The molecule has 0 spiro atoms. The van der Waals surface area contributed by atoms with E-state index in [2.05, 4.69) is 21.0 Å². The summed E-state index contributed by atoms with van der Waals surface area (Å²) in [4.78, 5) is 10.4. The van der Waals surface area contributed by atoms with Crippen LogP contribution in [-0.4, -0.2) is 16.1 Å². The Kier molecular flexibility index (Phi) is 2.45. The Balaban J connectivity index is 2.43. The molecule has 1 aromatic carbocycles. The minimum atomic E-state index is 0.664. The first kappa shape index (κ1) is 9.15. The second-order valence-electron chi connectivity index (χ2n) is 2.78. The molecule has 0 radical (unpaired) electrons. The number of benzene rings is 1. The van der Waals surface area contributed by atoms with E-state index >= 15 is 0 Å². The van der Waals surface area contributed by atoms with Crippen molar-refractivity contribution in [3.63, 3.8) is 0 Å². The highest BCUT2D eigenvalue weighted by atomic mass is 79.9. The molecule has 1 heterocycles. The topological polar surface area (TPSA) is 34.9 Å². The van der Waals surface area contributed by atoms with Gasteiger partial charge in [-0.2, -0.15) is 5.10 Å². The predicted octanol–water partition coefficient (Wildman–Crippen LogP) is 2.45. The van der Waals surface area contributed by atoms with Crippen LogP contribution in [0.2, 0.25) is 0 Å². The number of aromatic nitrogens is 2. The van der Waals surface area contributed by atoms with Gasteiger partial charge in [0.05, 0.1) is 11.9 Å². The quantitative estimate of drug-likeness (QED) is 0.768. The molecule has 2 aromatic rings. The first-order chi connectivity index (χ1) is 6.81. The highest BCUT2D eigenvalue weighted by Crippen LogP contribution is 2.15. The lowest BCUT2D eigenvalue weighted by Crippen LogP contribution is -1.96. The van der Waals surface area contributed by atoms with Crippen LogP contribution in [0, 0.1) is 0 Å². The van der Waals surface area contributed by atoms with Crippen molar-refractivity contribution in [2.75, 3.05) is 0 Å². The summed E-state index contributed by atoms with van der Waals surface area (Å²) in [7, 11) is 0. The number of hydrogen-bond donors (Lipinski definition) is 0. The molecule has 0 aliphatic rings. The van der Waals surface area contributed by atoms with Gasteiger partial charge in [0, 0.05) is 5.56 Å². The largest absolute Gasteiger partial charge is 0.298 e. The standard InChI is InChI=1S/C10H7BrN2O/c11-10-5-6-12-13(10)9-3-1-8(7-14)2-4-9/h1-7H. The number of aldehydes is 1. The van der Waals surface area contributed by atoms with E-state index in [4.69, 9.17) is 0 Å². The average molecular weight is 251 g/mol. The van der Waals surface area contributed by atoms with Crippen LogP contribution in [0.15, 0.2) is 41.1 Å². The Morgan fingerprint density at radius 3 is 2.43 bits per heavy atom. The molecule has 0 bridgehead atoms. The molecule has 2 rings (SSSR count). The predicted molar refractivity (Wildman–Crippen MR) is 56.7 cm³/mol. The Morgan fingerprint density at radius 2 is 1.93 bits per heavy atom. The lowest BCUT2D eigenvalue weighted by Gasteiger charge is -2.02. The lowest BCUT2D eigenvalue weighted by molar-refractivity contribution is 0.112. The van der Waals surface area contributed by atoms with Gasteiger partial charge in [-0.15, -0.1) is 0 Å². The molecule has 0 unspecified atom stereocenters. The number of carbonyl (C=O) groups is 1. The summed E-state index contributed by atoms with van der Waals surface area (Å²) in [5.74, 6) is 0. The highest BCUT2D eigenvalue weighted by Gasteiger charge is 2.00. The fourth-order valence-corrected chi connectivity index (χ4v) is 1.59. The summed E-state index contributed by atoms with van der Waals surface area (Å²) in [5, 5.41) is 4.12. The van der Waals surface area contributed by atoms with Gasteiger partial charge in [-0.05, 0) is 46.3 Å². The molecule has 0 atom stereocenters. The number of hydrogen-bond acceptors (Lipinski definition) is 2. The SMILES string of the molecule is O=Cc1ccc(-n2nccc2Br)cc1. The van der Waals surface area contributed by atoms with E-state index in [1.807, 2.05) is 18.2 Å². The maximum absolute atomic E-state index is 10.4. The zero-order valence-corrected chi connectivity index (χ0v) is 8.81. The summed E-state index contributed by atoms with van der Waals surface area (Å²) in [5.41, 5.74) is 1.59. The maximum Gasteiger partial charge on any atom is 0.150 e. The summed E-state index contributed by atoms with van der Waals surface area (Å²) in [6, 6.07) is 9.07. The van der Waals surface area contributed by atoms with Crippen LogP contribution in [0.25, 0.3) is 5.69 Å². The smallest absolute Gasteiger partial charge is 0.150 e. The summed E-state index contributed by atoms with van der Waals surface area (Å²) in [6.07, 6.45) is 2.53. The van der Waals surface area contributed by atoms with Crippen LogP contribution >= 0.6 is 15.9 Å².